The van der Waals surface area contributed by atoms with E-state index in [-0.39, 0.29) is 12.5 Å². The highest BCUT2D eigenvalue weighted by molar-refractivity contribution is 7.14. The van der Waals surface area contributed by atoms with Gasteiger partial charge in [-0.25, -0.2) is 4.98 Å². The summed E-state index contributed by atoms with van der Waals surface area (Å²) in [6.07, 6.45) is 3.01. The fraction of sp³-hybridized carbons (Fsp3) is 0.267. The molecule has 0 aliphatic heterocycles. The lowest BCUT2D eigenvalue weighted by Gasteiger charge is -2.02. The molecule has 108 valence electrons. The summed E-state index contributed by atoms with van der Waals surface area (Å²) < 4.78 is 0. The summed E-state index contributed by atoms with van der Waals surface area (Å²) in [7, 11) is 0. The van der Waals surface area contributed by atoms with Gasteiger partial charge in [-0.3, -0.25) is 15.1 Å². The third kappa shape index (κ3) is 4.12. The van der Waals surface area contributed by atoms with Crippen LogP contribution in [-0.4, -0.2) is 27.6 Å². The highest BCUT2D eigenvalue weighted by Gasteiger charge is 2.11. The van der Waals surface area contributed by atoms with E-state index in [0.717, 1.165) is 5.69 Å². The van der Waals surface area contributed by atoms with Crippen molar-refractivity contribution < 1.29 is 9.90 Å². The molecule has 0 aliphatic rings. The van der Waals surface area contributed by atoms with Crippen molar-refractivity contribution in [3.8, 4) is 11.8 Å². The van der Waals surface area contributed by atoms with Crippen molar-refractivity contribution in [2.45, 2.75) is 19.8 Å². The lowest BCUT2D eigenvalue weighted by molar-refractivity contribution is 0.102. The summed E-state index contributed by atoms with van der Waals surface area (Å²) in [5.74, 6) is 5.28. The smallest absolute Gasteiger partial charge is 0.259 e. The number of thiazole rings is 1. The van der Waals surface area contributed by atoms with Crippen LogP contribution in [-0.2, 0) is 0 Å². The van der Waals surface area contributed by atoms with E-state index in [9.17, 15) is 4.79 Å². The molecule has 2 heterocycles. The Morgan fingerprint density at radius 3 is 2.95 bits per heavy atom. The minimum atomic E-state index is -0.278. The second-order valence-electron chi connectivity index (χ2n) is 4.61. The number of aliphatic hydroxyl groups excluding tert-OH is 1. The molecule has 2 N–H and O–H groups in total. The Morgan fingerprint density at radius 1 is 1.48 bits per heavy atom. The van der Waals surface area contributed by atoms with E-state index >= 15 is 0 Å². The van der Waals surface area contributed by atoms with Crippen LogP contribution in [0.3, 0.4) is 0 Å². The van der Waals surface area contributed by atoms with Crippen molar-refractivity contribution >= 4 is 22.4 Å². The number of hydrogen-bond donors (Lipinski definition) is 2. The van der Waals surface area contributed by atoms with E-state index in [1.165, 1.54) is 17.5 Å². The molecule has 0 saturated carbocycles. The molecule has 0 bridgehead atoms. The van der Waals surface area contributed by atoms with Gasteiger partial charge in [0.2, 0.25) is 0 Å². The van der Waals surface area contributed by atoms with Gasteiger partial charge in [-0.1, -0.05) is 25.7 Å². The molecule has 0 saturated heterocycles. The van der Waals surface area contributed by atoms with Gasteiger partial charge in [0.1, 0.15) is 6.61 Å². The van der Waals surface area contributed by atoms with Crippen molar-refractivity contribution in [3.63, 3.8) is 0 Å². The average molecular weight is 301 g/mol. The maximum absolute atomic E-state index is 12.1. The Morgan fingerprint density at radius 2 is 2.29 bits per heavy atom. The first-order chi connectivity index (χ1) is 10.1. The Hall–Kier alpha value is -2.23. The summed E-state index contributed by atoms with van der Waals surface area (Å²) in [4.78, 5) is 20.5. The quantitative estimate of drug-likeness (QED) is 0.853. The van der Waals surface area contributed by atoms with Gasteiger partial charge in [0.05, 0.1) is 11.3 Å². The van der Waals surface area contributed by atoms with E-state index in [2.05, 4.69) is 27.1 Å². The number of carbonyl (C=O) groups is 1. The van der Waals surface area contributed by atoms with Crippen LogP contribution in [0.1, 0.15) is 41.4 Å². The van der Waals surface area contributed by atoms with Gasteiger partial charge in [0.15, 0.2) is 5.13 Å². The molecule has 6 heteroatoms. The predicted molar refractivity (Wildman–Crippen MR) is 82.4 cm³/mol. The topological polar surface area (TPSA) is 75.1 Å². The zero-order chi connectivity index (χ0) is 15.2. The molecule has 0 aliphatic carbocycles. The second-order valence-corrected chi connectivity index (χ2v) is 5.47. The second kappa shape index (κ2) is 6.97. The molecule has 1 amide bonds. The van der Waals surface area contributed by atoms with Gasteiger partial charge < -0.3 is 5.11 Å². The third-order valence-electron chi connectivity index (χ3n) is 2.65. The molecule has 2 aromatic rings. The van der Waals surface area contributed by atoms with Gasteiger partial charge >= 0.3 is 0 Å². The van der Waals surface area contributed by atoms with Crippen LogP contribution in [0.4, 0.5) is 5.13 Å². The van der Waals surface area contributed by atoms with Crippen LogP contribution in [0.15, 0.2) is 23.8 Å². The molecule has 2 aromatic heterocycles. The lowest BCUT2D eigenvalue weighted by atomic mass is 10.2. The lowest BCUT2D eigenvalue weighted by Crippen LogP contribution is -2.12. The number of amides is 1. The predicted octanol–water partition coefficient (Wildman–Crippen LogP) is 2.26. The summed E-state index contributed by atoms with van der Waals surface area (Å²) in [5, 5.41) is 13.9. The fourth-order valence-electron chi connectivity index (χ4n) is 1.55. The summed E-state index contributed by atoms with van der Waals surface area (Å²) in [6.45, 7) is 3.87. The molecular weight excluding hydrogens is 286 g/mol. The van der Waals surface area contributed by atoms with E-state index in [4.69, 9.17) is 5.11 Å². The van der Waals surface area contributed by atoms with Crippen LogP contribution in [0.5, 0.6) is 0 Å². The number of carbonyl (C=O) groups excluding carboxylic acids is 1. The number of nitrogens with zero attached hydrogens (tertiary/aromatic N) is 2. The first-order valence-corrected chi connectivity index (χ1v) is 7.29. The van der Waals surface area contributed by atoms with Crippen LogP contribution in [0.2, 0.25) is 0 Å². The summed E-state index contributed by atoms with van der Waals surface area (Å²) >= 11 is 1.39. The van der Waals surface area contributed by atoms with E-state index in [1.54, 1.807) is 12.3 Å². The van der Waals surface area contributed by atoms with Crippen LogP contribution >= 0.6 is 11.3 Å². The Labute approximate surface area is 127 Å². The van der Waals surface area contributed by atoms with Crippen molar-refractivity contribution in [2.75, 3.05) is 11.9 Å². The molecule has 5 nitrogen and oxygen atoms in total. The summed E-state index contributed by atoms with van der Waals surface area (Å²) in [5.41, 5.74) is 1.94. The maximum atomic E-state index is 12.1. The zero-order valence-corrected chi connectivity index (χ0v) is 12.6. The SMILES string of the molecule is CC(C)c1csc(NC(=O)c2cncc(C#CCO)c2)n1. The molecule has 0 fully saturated rings. The molecule has 0 radical (unpaired) electrons. The number of pyridine rings is 1. The molecule has 2 rings (SSSR count). The Bertz CT molecular complexity index is 698. The van der Waals surface area contributed by atoms with Crippen molar-refractivity contribution in [1.82, 2.24) is 9.97 Å². The van der Waals surface area contributed by atoms with Gasteiger partial charge in [0, 0.05) is 23.3 Å². The van der Waals surface area contributed by atoms with Crippen molar-refractivity contribution in [2.24, 2.45) is 0 Å². The van der Waals surface area contributed by atoms with E-state index in [0.29, 0.717) is 22.2 Å². The van der Waals surface area contributed by atoms with Crippen LogP contribution < -0.4 is 5.32 Å². The van der Waals surface area contributed by atoms with Crippen molar-refractivity contribution in [3.05, 3.63) is 40.7 Å². The minimum Gasteiger partial charge on any atom is -0.384 e. The molecule has 0 aromatic carbocycles. The number of hydrogen-bond acceptors (Lipinski definition) is 5. The number of rotatable bonds is 3. The Balaban J connectivity index is 2.12. The first-order valence-electron chi connectivity index (χ1n) is 6.41. The third-order valence-corrected chi connectivity index (χ3v) is 3.42. The van der Waals surface area contributed by atoms with Crippen LogP contribution in [0, 0.1) is 11.8 Å². The first kappa shape index (κ1) is 15.2. The standard InChI is InChI=1S/C15H15N3O2S/c1-10(2)13-9-21-15(17-13)18-14(20)12-6-11(4-3-5-19)7-16-8-12/h6-10,19H,5H2,1-2H3,(H,17,18,20). The van der Waals surface area contributed by atoms with E-state index < -0.39 is 0 Å². The van der Waals surface area contributed by atoms with Gasteiger partial charge in [0.25, 0.3) is 5.91 Å². The Kier molecular flexibility index (Phi) is 5.04. The molecule has 0 spiro atoms. The zero-order valence-electron chi connectivity index (χ0n) is 11.8. The molecule has 21 heavy (non-hydrogen) atoms. The number of anilines is 1. The molecule has 0 atom stereocenters. The molecular formula is C15H15N3O2S. The highest BCUT2D eigenvalue weighted by Crippen LogP contribution is 2.21. The normalized spacial score (nSPS) is 10.1. The molecule has 0 unspecified atom stereocenters. The van der Waals surface area contributed by atoms with Gasteiger partial charge in [-0.2, -0.15) is 0 Å². The highest BCUT2D eigenvalue weighted by atomic mass is 32.1. The van der Waals surface area contributed by atoms with E-state index in [1.807, 2.05) is 19.2 Å². The largest absolute Gasteiger partial charge is 0.384 e. The van der Waals surface area contributed by atoms with Gasteiger partial charge in [-0.15, -0.1) is 11.3 Å². The number of aromatic nitrogens is 2. The van der Waals surface area contributed by atoms with Gasteiger partial charge in [-0.05, 0) is 12.0 Å². The minimum absolute atomic E-state index is 0.229. The average Bonchev–Trinajstić information content (AvgIpc) is 2.94. The number of nitrogens with one attached hydrogen (secondary N) is 1. The summed E-state index contributed by atoms with van der Waals surface area (Å²) in [6, 6.07) is 1.63. The van der Waals surface area contributed by atoms with Crippen molar-refractivity contribution in [1.29, 1.82) is 0 Å². The monoisotopic (exact) mass is 301 g/mol. The maximum Gasteiger partial charge on any atom is 0.259 e. The van der Waals surface area contributed by atoms with Crippen LogP contribution in [0.25, 0.3) is 0 Å². The number of aliphatic hydroxyl groups is 1. The fourth-order valence-corrected chi connectivity index (χ4v) is 2.42.